The second-order valence-corrected chi connectivity index (χ2v) is 6.86. The first kappa shape index (κ1) is 25.2. The number of rotatable bonds is 5. The van der Waals surface area contributed by atoms with Crippen molar-refractivity contribution in [2.24, 2.45) is 4.99 Å². The van der Waals surface area contributed by atoms with Crippen molar-refractivity contribution < 1.29 is 22.3 Å². The SMILES string of the molecule is CN=C(NCc1ccc(C(F)(F)F)cc1)NCc1ccc(N2CCOCC2)c(F)c1.I. The number of ether oxygens (including phenoxy) is 1. The van der Waals surface area contributed by atoms with E-state index in [1.807, 2.05) is 11.0 Å². The number of guanidine groups is 1. The van der Waals surface area contributed by atoms with Crippen LogP contribution in [0.25, 0.3) is 0 Å². The van der Waals surface area contributed by atoms with Crippen LogP contribution in [0.2, 0.25) is 0 Å². The summed E-state index contributed by atoms with van der Waals surface area (Å²) < 4.78 is 57.7. The Labute approximate surface area is 195 Å². The van der Waals surface area contributed by atoms with Gasteiger partial charge in [0.05, 0.1) is 24.5 Å². The maximum absolute atomic E-state index is 14.5. The quantitative estimate of drug-likeness (QED) is 0.253. The zero-order valence-electron chi connectivity index (χ0n) is 17.0. The van der Waals surface area contributed by atoms with Crippen LogP contribution in [0.4, 0.5) is 23.2 Å². The van der Waals surface area contributed by atoms with Crippen LogP contribution in [-0.2, 0) is 24.0 Å². The van der Waals surface area contributed by atoms with E-state index in [4.69, 9.17) is 4.74 Å². The zero-order valence-corrected chi connectivity index (χ0v) is 19.3. The first-order chi connectivity index (χ1) is 14.4. The van der Waals surface area contributed by atoms with Crippen molar-refractivity contribution in [2.75, 3.05) is 38.3 Å². The van der Waals surface area contributed by atoms with Crippen LogP contribution >= 0.6 is 24.0 Å². The van der Waals surface area contributed by atoms with Gasteiger partial charge in [-0.3, -0.25) is 4.99 Å². The second-order valence-electron chi connectivity index (χ2n) is 6.86. The lowest BCUT2D eigenvalue weighted by atomic mass is 10.1. The second kappa shape index (κ2) is 11.5. The highest BCUT2D eigenvalue weighted by Gasteiger charge is 2.29. The minimum atomic E-state index is -4.35. The van der Waals surface area contributed by atoms with E-state index in [9.17, 15) is 17.6 Å². The first-order valence-electron chi connectivity index (χ1n) is 9.58. The maximum atomic E-state index is 14.5. The molecule has 1 aliphatic rings. The minimum Gasteiger partial charge on any atom is -0.378 e. The molecule has 0 aliphatic carbocycles. The van der Waals surface area contributed by atoms with Gasteiger partial charge >= 0.3 is 6.18 Å². The van der Waals surface area contributed by atoms with Gasteiger partial charge in [0.25, 0.3) is 0 Å². The van der Waals surface area contributed by atoms with Gasteiger partial charge in [0.15, 0.2) is 5.96 Å². The average molecular weight is 552 g/mol. The standard InChI is InChI=1S/C21H24F4N4O.HI/c1-26-20(27-13-15-2-5-17(6-3-15)21(23,24)25)28-14-16-4-7-19(18(22)12-16)29-8-10-30-11-9-29;/h2-7,12H,8-11,13-14H2,1H3,(H2,26,27,28);1H. The topological polar surface area (TPSA) is 48.9 Å². The van der Waals surface area contributed by atoms with Gasteiger partial charge in [0.1, 0.15) is 5.82 Å². The molecule has 0 bridgehead atoms. The van der Waals surface area contributed by atoms with Gasteiger partial charge in [0, 0.05) is 33.2 Å². The van der Waals surface area contributed by atoms with Gasteiger partial charge in [-0.1, -0.05) is 18.2 Å². The Morgan fingerprint density at radius 2 is 1.58 bits per heavy atom. The number of morpholine rings is 1. The number of nitrogens with one attached hydrogen (secondary N) is 2. The number of nitrogens with zero attached hydrogens (tertiary/aromatic N) is 2. The number of anilines is 1. The van der Waals surface area contributed by atoms with Gasteiger partial charge in [-0.05, 0) is 35.4 Å². The van der Waals surface area contributed by atoms with Crippen molar-refractivity contribution >= 4 is 35.6 Å². The summed E-state index contributed by atoms with van der Waals surface area (Å²) >= 11 is 0. The van der Waals surface area contributed by atoms with Crippen molar-refractivity contribution in [1.82, 2.24) is 10.6 Å². The summed E-state index contributed by atoms with van der Waals surface area (Å²) in [6.45, 7) is 3.16. The predicted octanol–water partition coefficient (Wildman–Crippen LogP) is 4.16. The predicted molar refractivity (Wildman–Crippen MR) is 123 cm³/mol. The molecule has 2 aromatic rings. The highest BCUT2D eigenvalue weighted by Crippen LogP contribution is 2.29. The fraction of sp³-hybridized carbons (Fsp3) is 0.381. The molecular weight excluding hydrogens is 527 g/mol. The largest absolute Gasteiger partial charge is 0.416 e. The van der Waals surface area contributed by atoms with E-state index >= 15 is 0 Å². The summed E-state index contributed by atoms with van der Waals surface area (Å²) in [5.41, 5.74) is 1.32. The molecule has 1 fully saturated rings. The summed E-state index contributed by atoms with van der Waals surface area (Å²) in [7, 11) is 1.59. The molecule has 0 saturated carbocycles. The fourth-order valence-corrected chi connectivity index (χ4v) is 3.12. The highest BCUT2D eigenvalue weighted by molar-refractivity contribution is 14.0. The molecular formula is C21H25F4IN4O. The third kappa shape index (κ3) is 7.23. The van der Waals surface area contributed by atoms with E-state index in [2.05, 4.69) is 15.6 Å². The third-order valence-corrected chi connectivity index (χ3v) is 4.79. The Hall–Kier alpha value is -2.08. The summed E-state index contributed by atoms with van der Waals surface area (Å²) in [6, 6.07) is 10.0. The van der Waals surface area contributed by atoms with Crippen LogP contribution < -0.4 is 15.5 Å². The Morgan fingerprint density at radius 1 is 1.00 bits per heavy atom. The monoisotopic (exact) mass is 552 g/mol. The highest BCUT2D eigenvalue weighted by atomic mass is 127. The van der Waals surface area contributed by atoms with Crippen molar-refractivity contribution in [1.29, 1.82) is 0 Å². The number of alkyl halides is 3. The van der Waals surface area contributed by atoms with E-state index in [0.717, 1.165) is 17.7 Å². The molecule has 10 heteroatoms. The number of hydrogen-bond acceptors (Lipinski definition) is 3. The molecule has 3 rings (SSSR count). The average Bonchev–Trinajstić information content (AvgIpc) is 2.74. The molecule has 31 heavy (non-hydrogen) atoms. The van der Waals surface area contributed by atoms with Gasteiger partial charge < -0.3 is 20.3 Å². The number of halogens is 5. The molecule has 170 valence electrons. The molecule has 1 heterocycles. The summed E-state index contributed by atoms with van der Waals surface area (Å²) in [5, 5.41) is 6.11. The molecule has 5 nitrogen and oxygen atoms in total. The molecule has 0 atom stereocenters. The van der Waals surface area contributed by atoms with Crippen molar-refractivity contribution in [2.45, 2.75) is 19.3 Å². The lowest BCUT2D eigenvalue weighted by Gasteiger charge is -2.29. The summed E-state index contributed by atoms with van der Waals surface area (Å²) in [6.07, 6.45) is -4.35. The van der Waals surface area contributed by atoms with Crippen molar-refractivity contribution in [3.8, 4) is 0 Å². The summed E-state index contributed by atoms with van der Waals surface area (Å²) in [5.74, 6) is 0.177. The van der Waals surface area contributed by atoms with E-state index in [-0.39, 0.29) is 29.8 Å². The van der Waals surface area contributed by atoms with Crippen LogP contribution in [0.1, 0.15) is 16.7 Å². The fourth-order valence-electron chi connectivity index (χ4n) is 3.12. The molecule has 0 aromatic heterocycles. The smallest absolute Gasteiger partial charge is 0.378 e. The van der Waals surface area contributed by atoms with E-state index in [0.29, 0.717) is 56.6 Å². The van der Waals surface area contributed by atoms with Gasteiger partial charge in [-0.15, -0.1) is 24.0 Å². The molecule has 2 N–H and O–H groups in total. The van der Waals surface area contributed by atoms with Crippen molar-refractivity contribution in [3.63, 3.8) is 0 Å². The Bertz CT molecular complexity index is 869. The van der Waals surface area contributed by atoms with Crippen LogP contribution in [0.5, 0.6) is 0 Å². The number of aliphatic imine (C=N–C) groups is 1. The first-order valence-corrected chi connectivity index (χ1v) is 9.58. The Morgan fingerprint density at radius 3 is 2.13 bits per heavy atom. The van der Waals surface area contributed by atoms with Crippen LogP contribution in [0.3, 0.4) is 0 Å². The van der Waals surface area contributed by atoms with Gasteiger partial charge in [-0.2, -0.15) is 13.2 Å². The van der Waals surface area contributed by atoms with E-state index in [1.54, 1.807) is 13.1 Å². The van der Waals surface area contributed by atoms with Crippen molar-refractivity contribution in [3.05, 3.63) is 65.0 Å². The van der Waals surface area contributed by atoms with E-state index < -0.39 is 11.7 Å². The molecule has 0 unspecified atom stereocenters. The Balaban J connectivity index is 0.00000341. The lowest BCUT2D eigenvalue weighted by Crippen LogP contribution is -2.37. The zero-order chi connectivity index (χ0) is 21.6. The third-order valence-electron chi connectivity index (χ3n) is 4.79. The normalized spacial score (nSPS) is 14.7. The van der Waals surface area contributed by atoms with Crippen LogP contribution in [-0.4, -0.2) is 39.3 Å². The molecule has 1 saturated heterocycles. The lowest BCUT2D eigenvalue weighted by molar-refractivity contribution is -0.137. The molecule has 1 aliphatic heterocycles. The van der Waals surface area contributed by atoms with E-state index in [1.165, 1.54) is 18.2 Å². The minimum absolute atomic E-state index is 0. The maximum Gasteiger partial charge on any atom is 0.416 e. The van der Waals surface area contributed by atoms with Gasteiger partial charge in [0.2, 0.25) is 0 Å². The number of benzene rings is 2. The molecule has 0 spiro atoms. The van der Waals surface area contributed by atoms with Crippen LogP contribution in [0, 0.1) is 5.82 Å². The summed E-state index contributed by atoms with van der Waals surface area (Å²) in [4.78, 5) is 6.05. The molecule has 0 radical (unpaired) electrons. The molecule has 0 amide bonds. The van der Waals surface area contributed by atoms with Crippen LogP contribution in [0.15, 0.2) is 47.5 Å². The Kier molecular flexibility index (Phi) is 9.35. The van der Waals surface area contributed by atoms with Gasteiger partial charge in [-0.25, -0.2) is 4.39 Å². The number of hydrogen-bond donors (Lipinski definition) is 2. The molecule has 2 aromatic carbocycles.